The van der Waals surface area contributed by atoms with E-state index < -0.39 is 4.92 Å². The Morgan fingerprint density at radius 2 is 2.04 bits per heavy atom. The maximum Gasteiger partial charge on any atom is 0.294 e. The molecule has 0 aliphatic rings. The molecular formula is C19H17BrN4O3. The number of aromatic nitrogens is 2. The van der Waals surface area contributed by atoms with Gasteiger partial charge < -0.3 is 9.88 Å². The van der Waals surface area contributed by atoms with Gasteiger partial charge in [0.15, 0.2) is 0 Å². The lowest BCUT2D eigenvalue weighted by Gasteiger charge is -2.18. The van der Waals surface area contributed by atoms with Crippen LogP contribution >= 0.6 is 15.9 Å². The van der Waals surface area contributed by atoms with Crippen LogP contribution in [0.4, 0.5) is 5.69 Å². The Bertz CT molecular complexity index is 956. The Kier molecular flexibility index (Phi) is 5.66. The van der Waals surface area contributed by atoms with E-state index in [9.17, 15) is 14.9 Å². The Morgan fingerprint density at radius 3 is 2.63 bits per heavy atom. The first-order chi connectivity index (χ1) is 13.0. The molecular weight excluding hydrogens is 412 g/mol. The highest BCUT2D eigenvalue weighted by molar-refractivity contribution is 9.10. The fourth-order valence-corrected chi connectivity index (χ4v) is 3.05. The quantitative estimate of drug-likeness (QED) is 0.464. The van der Waals surface area contributed by atoms with Crippen LogP contribution in [0.3, 0.4) is 0 Å². The summed E-state index contributed by atoms with van der Waals surface area (Å²) < 4.78 is 2.49. The van der Waals surface area contributed by atoms with Crippen LogP contribution in [0.5, 0.6) is 0 Å². The number of rotatable bonds is 6. The van der Waals surface area contributed by atoms with Crippen molar-refractivity contribution in [3.05, 3.63) is 86.9 Å². The van der Waals surface area contributed by atoms with E-state index >= 15 is 0 Å². The number of nitro groups is 1. The van der Waals surface area contributed by atoms with E-state index in [2.05, 4.69) is 26.2 Å². The van der Waals surface area contributed by atoms with Gasteiger partial charge >= 0.3 is 0 Å². The number of carbonyl (C=O) groups excluding carboxylic acids is 1. The molecule has 2 aromatic carbocycles. The van der Waals surface area contributed by atoms with E-state index in [0.29, 0.717) is 12.1 Å². The molecule has 0 bridgehead atoms. The zero-order valence-corrected chi connectivity index (χ0v) is 16.1. The number of hydrogen-bond donors (Lipinski definition) is 1. The van der Waals surface area contributed by atoms with Gasteiger partial charge in [-0.05, 0) is 36.2 Å². The summed E-state index contributed by atoms with van der Waals surface area (Å²) in [4.78, 5) is 27.5. The minimum absolute atomic E-state index is 0.155. The van der Waals surface area contributed by atoms with Crippen LogP contribution in [0, 0.1) is 10.1 Å². The second-order valence-electron chi connectivity index (χ2n) is 5.92. The smallest absolute Gasteiger partial charge is 0.294 e. The van der Waals surface area contributed by atoms with Gasteiger partial charge in [-0.1, -0.05) is 35.0 Å². The van der Waals surface area contributed by atoms with E-state index in [-0.39, 0.29) is 23.2 Å². The topological polar surface area (TPSA) is 90.1 Å². The van der Waals surface area contributed by atoms with Gasteiger partial charge in [0.2, 0.25) is 0 Å². The molecule has 3 aromatic rings. The molecule has 3 rings (SSSR count). The molecule has 0 spiro atoms. The van der Waals surface area contributed by atoms with Crippen LogP contribution in [0.2, 0.25) is 0 Å². The molecule has 0 saturated heterocycles. The molecule has 1 atom stereocenters. The summed E-state index contributed by atoms with van der Waals surface area (Å²) in [7, 11) is 0. The molecule has 1 heterocycles. The molecule has 0 fully saturated rings. The Labute approximate surface area is 164 Å². The minimum Gasteiger partial charge on any atom is -0.345 e. The average molecular weight is 429 g/mol. The fourth-order valence-electron chi connectivity index (χ4n) is 2.79. The number of nitrogens with zero attached hydrogens (tertiary/aromatic N) is 3. The third kappa shape index (κ3) is 4.22. The van der Waals surface area contributed by atoms with Crippen molar-refractivity contribution in [1.29, 1.82) is 0 Å². The van der Waals surface area contributed by atoms with Crippen molar-refractivity contribution in [2.45, 2.75) is 19.4 Å². The van der Waals surface area contributed by atoms with E-state index in [1.165, 1.54) is 23.2 Å². The number of nitrogens with one attached hydrogen (secondary N) is 1. The third-order valence-electron chi connectivity index (χ3n) is 4.20. The Hall–Kier alpha value is -3.00. The SMILES string of the molecule is CCC(NC(=O)c1ccc(-n2ccnc2)c([N+](=O)[O-])c1)c1ccc(Br)cc1. The van der Waals surface area contributed by atoms with Crippen LogP contribution in [0.1, 0.15) is 35.3 Å². The number of imidazole rings is 1. The predicted octanol–water partition coefficient (Wildman–Crippen LogP) is 4.42. The summed E-state index contributed by atoms with van der Waals surface area (Å²) in [5.74, 6) is -0.356. The lowest BCUT2D eigenvalue weighted by Crippen LogP contribution is -2.28. The normalized spacial score (nSPS) is 11.8. The first kappa shape index (κ1) is 18.8. The summed E-state index contributed by atoms with van der Waals surface area (Å²) in [5, 5.41) is 14.4. The largest absolute Gasteiger partial charge is 0.345 e. The highest BCUT2D eigenvalue weighted by Crippen LogP contribution is 2.25. The van der Waals surface area contributed by atoms with Crippen LogP contribution in [0.25, 0.3) is 5.69 Å². The summed E-state index contributed by atoms with van der Waals surface area (Å²) >= 11 is 3.39. The molecule has 0 aliphatic carbocycles. The summed E-state index contributed by atoms with van der Waals surface area (Å²) in [6, 6.07) is 11.9. The van der Waals surface area contributed by atoms with Gasteiger partial charge in [0.1, 0.15) is 5.69 Å². The Balaban J connectivity index is 1.87. The minimum atomic E-state index is -0.502. The number of carbonyl (C=O) groups is 1. The fraction of sp³-hybridized carbons (Fsp3) is 0.158. The van der Waals surface area contributed by atoms with Gasteiger partial charge in [-0.2, -0.15) is 0 Å². The highest BCUT2D eigenvalue weighted by Gasteiger charge is 2.20. The monoisotopic (exact) mass is 428 g/mol. The van der Waals surface area contributed by atoms with Crippen molar-refractivity contribution in [1.82, 2.24) is 14.9 Å². The molecule has 1 aromatic heterocycles. The number of halogens is 1. The van der Waals surface area contributed by atoms with Gasteiger partial charge in [0.05, 0.1) is 17.3 Å². The molecule has 1 N–H and O–H groups in total. The second-order valence-corrected chi connectivity index (χ2v) is 6.83. The van der Waals surface area contributed by atoms with Crippen LogP contribution < -0.4 is 5.32 Å². The van der Waals surface area contributed by atoms with E-state index in [1.807, 2.05) is 31.2 Å². The predicted molar refractivity (Wildman–Crippen MR) is 105 cm³/mol. The van der Waals surface area contributed by atoms with Gasteiger partial charge in [-0.25, -0.2) is 4.98 Å². The molecule has 27 heavy (non-hydrogen) atoms. The summed E-state index contributed by atoms with van der Waals surface area (Å²) in [6.07, 6.45) is 5.32. The zero-order valence-electron chi connectivity index (χ0n) is 14.5. The standard InChI is InChI=1S/C19H17BrN4O3/c1-2-16(13-3-6-15(20)7-4-13)22-19(25)14-5-8-17(18(11-14)24(26)27)23-10-9-21-12-23/h3-12,16H,2H2,1H3,(H,22,25). The van der Waals surface area contributed by atoms with Crippen molar-refractivity contribution < 1.29 is 9.72 Å². The van der Waals surface area contributed by atoms with Gasteiger partial charge in [0, 0.05) is 28.5 Å². The number of amides is 1. The first-order valence-corrected chi connectivity index (χ1v) is 9.12. The molecule has 0 saturated carbocycles. The van der Waals surface area contributed by atoms with Crippen molar-refractivity contribution in [3.63, 3.8) is 0 Å². The molecule has 7 nitrogen and oxygen atoms in total. The third-order valence-corrected chi connectivity index (χ3v) is 4.73. The molecule has 0 aliphatic heterocycles. The van der Waals surface area contributed by atoms with Gasteiger partial charge in [-0.3, -0.25) is 14.9 Å². The van der Waals surface area contributed by atoms with Gasteiger partial charge in [-0.15, -0.1) is 0 Å². The lowest BCUT2D eigenvalue weighted by atomic mass is 10.0. The maximum absolute atomic E-state index is 12.7. The zero-order chi connectivity index (χ0) is 19.4. The second kappa shape index (κ2) is 8.13. The van der Waals surface area contributed by atoms with Crippen molar-refractivity contribution in [2.75, 3.05) is 0 Å². The van der Waals surface area contributed by atoms with Crippen LogP contribution in [0.15, 0.2) is 65.7 Å². The van der Waals surface area contributed by atoms with E-state index in [4.69, 9.17) is 0 Å². The molecule has 138 valence electrons. The maximum atomic E-state index is 12.7. The van der Waals surface area contributed by atoms with Crippen molar-refractivity contribution >= 4 is 27.5 Å². The summed E-state index contributed by atoms with van der Waals surface area (Å²) in [5.41, 5.74) is 1.41. The van der Waals surface area contributed by atoms with E-state index in [0.717, 1.165) is 10.0 Å². The summed E-state index contributed by atoms with van der Waals surface area (Å²) in [6.45, 7) is 1.97. The van der Waals surface area contributed by atoms with Crippen molar-refractivity contribution in [3.8, 4) is 5.69 Å². The Morgan fingerprint density at radius 1 is 1.30 bits per heavy atom. The average Bonchev–Trinajstić information content (AvgIpc) is 3.20. The highest BCUT2D eigenvalue weighted by atomic mass is 79.9. The first-order valence-electron chi connectivity index (χ1n) is 8.32. The molecule has 8 heteroatoms. The molecule has 1 amide bonds. The molecule has 1 unspecified atom stereocenters. The molecule has 0 radical (unpaired) electrons. The van der Waals surface area contributed by atoms with Crippen molar-refractivity contribution in [2.24, 2.45) is 0 Å². The van der Waals surface area contributed by atoms with Crippen LogP contribution in [-0.4, -0.2) is 20.4 Å². The van der Waals surface area contributed by atoms with Crippen LogP contribution in [-0.2, 0) is 0 Å². The number of benzene rings is 2. The number of nitro benzene ring substituents is 1. The van der Waals surface area contributed by atoms with Gasteiger partial charge in [0.25, 0.3) is 11.6 Å². The number of hydrogen-bond acceptors (Lipinski definition) is 4. The van der Waals surface area contributed by atoms with E-state index in [1.54, 1.807) is 18.3 Å². The lowest BCUT2D eigenvalue weighted by molar-refractivity contribution is -0.384.